The molecule has 8 rings (SSSR count). The second-order valence-corrected chi connectivity index (χ2v) is 16.6. The van der Waals surface area contributed by atoms with E-state index in [0.717, 1.165) is 75.1 Å². The van der Waals surface area contributed by atoms with E-state index >= 15 is 0 Å². The Morgan fingerprint density at radius 1 is 0.820 bits per heavy atom. The number of imide groups is 2. The molecule has 14 nitrogen and oxygen atoms in total. The molecule has 5 aliphatic heterocycles. The van der Waals surface area contributed by atoms with E-state index < -0.39 is 47.1 Å². The van der Waals surface area contributed by atoms with Crippen molar-refractivity contribution in [2.45, 2.75) is 63.6 Å². The summed E-state index contributed by atoms with van der Waals surface area (Å²) in [5, 5.41) is 5.09. The lowest BCUT2D eigenvalue weighted by Gasteiger charge is -2.38. The van der Waals surface area contributed by atoms with Crippen molar-refractivity contribution >= 4 is 52.4 Å². The summed E-state index contributed by atoms with van der Waals surface area (Å²) < 4.78 is 46.5. The van der Waals surface area contributed by atoms with Gasteiger partial charge in [0.2, 0.25) is 17.7 Å². The maximum atomic E-state index is 13.5. The molecule has 0 saturated carbocycles. The van der Waals surface area contributed by atoms with Crippen LogP contribution in [-0.2, 0) is 20.6 Å². The fraction of sp³-hybridized carbons (Fsp3) is 0.477. The van der Waals surface area contributed by atoms with Gasteiger partial charge in [-0.2, -0.15) is 13.2 Å². The minimum Gasteiger partial charge on any atom is -0.492 e. The third-order valence-corrected chi connectivity index (χ3v) is 12.7. The number of aromatic nitrogens is 1. The van der Waals surface area contributed by atoms with Gasteiger partial charge >= 0.3 is 6.18 Å². The van der Waals surface area contributed by atoms with Gasteiger partial charge in [0.15, 0.2) is 5.69 Å². The molecule has 5 aliphatic rings. The van der Waals surface area contributed by atoms with E-state index in [1.165, 1.54) is 12.1 Å². The minimum atomic E-state index is -4.62. The summed E-state index contributed by atoms with van der Waals surface area (Å²) in [6.45, 7) is 13.1. The fourth-order valence-corrected chi connectivity index (χ4v) is 9.16. The van der Waals surface area contributed by atoms with Gasteiger partial charge in [0.05, 0.1) is 36.1 Å². The molecule has 4 fully saturated rings. The molecule has 6 heterocycles. The van der Waals surface area contributed by atoms with Crippen molar-refractivity contribution in [3.05, 3.63) is 82.8 Å². The SMILES string of the molecule is [C-]#[N+]c1ccc(N2CCC(C(=O)Nc3ccc(OCC4CCN(CC5CCN(c6ccc7c(c6)C(=O)N(C6CCC(=O)NC6=O)C7=O)CC5)CC4)cn3)CC2)cc1C(F)(F)F. The van der Waals surface area contributed by atoms with Crippen LogP contribution < -0.4 is 25.2 Å². The highest BCUT2D eigenvalue weighted by Gasteiger charge is 2.45. The molecule has 1 unspecified atom stereocenters. The number of likely N-dealkylation sites (tertiary alicyclic amines) is 1. The molecule has 2 N–H and O–H groups in total. The second kappa shape index (κ2) is 17.5. The van der Waals surface area contributed by atoms with Crippen LogP contribution in [0.3, 0.4) is 0 Å². The lowest BCUT2D eigenvalue weighted by atomic mass is 9.92. The number of amides is 5. The minimum absolute atomic E-state index is 0.0810. The number of ether oxygens (including phenoxy) is 1. The zero-order valence-electron chi connectivity index (χ0n) is 33.6. The average Bonchev–Trinajstić information content (AvgIpc) is 3.51. The number of carbonyl (C=O) groups is 5. The van der Waals surface area contributed by atoms with Crippen molar-refractivity contribution in [3.8, 4) is 5.75 Å². The quantitative estimate of drug-likeness (QED) is 0.186. The Bertz CT molecular complexity index is 2220. The Balaban J connectivity index is 0.728. The number of benzene rings is 2. The van der Waals surface area contributed by atoms with Gasteiger partial charge in [-0.25, -0.2) is 9.83 Å². The number of nitrogens with zero attached hydrogens (tertiary/aromatic N) is 6. The summed E-state index contributed by atoms with van der Waals surface area (Å²) in [7, 11) is 0. The highest BCUT2D eigenvalue weighted by Crippen LogP contribution is 2.40. The first-order chi connectivity index (χ1) is 29.3. The van der Waals surface area contributed by atoms with E-state index in [4.69, 9.17) is 11.3 Å². The van der Waals surface area contributed by atoms with Gasteiger partial charge in [0.25, 0.3) is 11.8 Å². The van der Waals surface area contributed by atoms with Crippen LogP contribution in [0.5, 0.6) is 5.75 Å². The molecule has 5 amide bonds. The first-order valence-corrected chi connectivity index (χ1v) is 20.9. The lowest BCUT2D eigenvalue weighted by molar-refractivity contribution is -0.137. The van der Waals surface area contributed by atoms with Crippen LogP contribution in [0.4, 0.5) is 36.1 Å². The Kier molecular flexibility index (Phi) is 12.0. The topological polar surface area (TPSA) is 149 Å². The molecular weight excluding hydrogens is 794 g/mol. The molecule has 0 aliphatic carbocycles. The predicted molar refractivity (Wildman–Crippen MR) is 218 cm³/mol. The number of nitrogens with one attached hydrogen (secondary N) is 2. The van der Waals surface area contributed by atoms with Crippen molar-refractivity contribution in [1.82, 2.24) is 20.1 Å². The smallest absolute Gasteiger partial charge is 0.407 e. The van der Waals surface area contributed by atoms with E-state index in [-0.39, 0.29) is 30.2 Å². The van der Waals surface area contributed by atoms with E-state index in [1.807, 2.05) is 11.0 Å². The lowest BCUT2D eigenvalue weighted by Crippen LogP contribution is -2.54. The average molecular weight is 841 g/mol. The van der Waals surface area contributed by atoms with Crippen molar-refractivity contribution < 1.29 is 41.9 Å². The number of piperidine rings is 4. The number of anilines is 3. The fourth-order valence-electron chi connectivity index (χ4n) is 9.16. The molecule has 0 spiro atoms. The molecule has 1 aromatic heterocycles. The van der Waals surface area contributed by atoms with Gasteiger partial charge in [-0.05, 0) is 112 Å². The first-order valence-electron chi connectivity index (χ1n) is 20.9. The number of rotatable bonds is 10. The monoisotopic (exact) mass is 840 g/mol. The molecule has 0 radical (unpaired) electrons. The Labute approximate surface area is 351 Å². The number of carbonyl (C=O) groups excluding carboxylic acids is 5. The molecule has 4 saturated heterocycles. The Morgan fingerprint density at radius 3 is 2.13 bits per heavy atom. The van der Waals surface area contributed by atoms with Crippen LogP contribution in [-0.4, -0.2) is 103 Å². The van der Waals surface area contributed by atoms with E-state index in [2.05, 4.69) is 30.3 Å². The third kappa shape index (κ3) is 9.19. The van der Waals surface area contributed by atoms with Crippen LogP contribution in [0.25, 0.3) is 4.85 Å². The molecule has 2 aromatic carbocycles. The number of hydrogen-bond donors (Lipinski definition) is 2. The molecule has 0 bridgehead atoms. The highest BCUT2D eigenvalue weighted by molar-refractivity contribution is 6.23. The summed E-state index contributed by atoms with van der Waals surface area (Å²) in [6, 6.07) is 11.5. The zero-order chi connectivity index (χ0) is 42.8. The van der Waals surface area contributed by atoms with E-state index in [1.54, 1.807) is 30.5 Å². The van der Waals surface area contributed by atoms with Crippen LogP contribution in [0, 0.1) is 24.3 Å². The third-order valence-electron chi connectivity index (χ3n) is 12.7. The van der Waals surface area contributed by atoms with Crippen molar-refractivity contribution in [2.75, 3.05) is 67.5 Å². The van der Waals surface area contributed by atoms with Crippen LogP contribution >= 0.6 is 0 Å². The van der Waals surface area contributed by atoms with Gasteiger partial charge in [0, 0.05) is 56.4 Å². The first kappa shape index (κ1) is 41.7. The second-order valence-electron chi connectivity index (χ2n) is 16.6. The normalized spacial score (nSPS) is 21.0. The summed E-state index contributed by atoms with van der Waals surface area (Å²) in [6.07, 6.45) is 2.18. The molecule has 320 valence electrons. The Morgan fingerprint density at radius 2 is 1.48 bits per heavy atom. The van der Waals surface area contributed by atoms with Gasteiger partial charge in [0.1, 0.15) is 17.6 Å². The van der Waals surface area contributed by atoms with Crippen LogP contribution in [0.2, 0.25) is 0 Å². The zero-order valence-corrected chi connectivity index (χ0v) is 33.6. The molecule has 61 heavy (non-hydrogen) atoms. The van der Waals surface area contributed by atoms with Crippen LogP contribution in [0.1, 0.15) is 77.6 Å². The largest absolute Gasteiger partial charge is 0.492 e. The molecule has 3 aromatic rings. The molecular formula is C44H47F3N8O6. The number of hydrogen-bond acceptors (Lipinski definition) is 10. The van der Waals surface area contributed by atoms with Crippen molar-refractivity contribution in [2.24, 2.45) is 17.8 Å². The molecule has 17 heteroatoms. The van der Waals surface area contributed by atoms with Gasteiger partial charge < -0.3 is 24.8 Å². The standard InChI is InChI=1S/C44H47F3N8O6/c1-48-36-6-3-31(23-35(36)44(45,46)47)54-20-14-29(15-21-54)40(57)50-38-8-4-32(24-49-38)61-26-28-10-16-52(17-11-28)25-27-12-18-53(19-13-27)30-2-5-33-34(22-30)43(60)55(42(33)59)37-7-9-39(56)51-41(37)58/h2-6,8,22-24,27-29,37H,7,9-21,25-26H2,(H,49,50,57)(H,51,56,58). The molecule has 1 atom stereocenters. The number of alkyl halides is 3. The van der Waals surface area contributed by atoms with Crippen molar-refractivity contribution in [1.29, 1.82) is 0 Å². The van der Waals surface area contributed by atoms with Gasteiger partial charge in [-0.1, -0.05) is 6.07 Å². The highest BCUT2D eigenvalue weighted by atomic mass is 19.4. The Hall–Kier alpha value is -6.02. The van der Waals surface area contributed by atoms with Gasteiger partial charge in [-0.3, -0.25) is 34.2 Å². The number of fused-ring (bicyclic) bond motifs is 1. The summed E-state index contributed by atoms with van der Waals surface area (Å²) >= 11 is 0. The van der Waals surface area contributed by atoms with E-state index in [9.17, 15) is 37.1 Å². The summed E-state index contributed by atoms with van der Waals surface area (Å²) in [5.74, 6) is -0.527. The summed E-state index contributed by atoms with van der Waals surface area (Å²) in [5.41, 5.74) is 0.463. The maximum absolute atomic E-state index is 13.5. The van der Waals surface area contributed by atoms with Crippen LogP contribution in [0.15, 0.2) is 54.7 Å². The van der Waals surface area contributed by atoms with E-state index in [0.29, 0.717) is 67.2 Å². The summed E-state index contributed by atoms with van der Waals surface area (Å²) in [4.78, 5) is 78.4. The predicted octanol–water partition coefficient (Wildman–Crippen LogP) is 5.91. The number of halogens is 3. The van der Waals surface area contributed by atoms with Crippen molar-refractivity contribution in [3.63, 3.8) is 0 Å². The van der Waals surface area contributed by atoms with Gasteiger partial charge in [-0.15, -0.1) is 0 Å². The number of pyridine rings is 1. The maximum Gasteiger partial charge on any atom is 0.407 e.